The van der Waals surface area contributed by atoms with E-state index >= 15 is 0 Å². The Morgan fingerprint density at radius 1 is 1.25 bits per heavy atom. The zero-order valence-corrected chi connectivity index (χ0v) is 15.3. The third-order valence-corrected chi connectivity index (χ3v) is 5.42. The van der Waals surface area contributed by atoms with Crippen LogP contribution in [0.1, 0.15) is 42.7 Å². The Kier molecular flexibility index (Phi) is 5.76. The van der Waals surface area contributed by atoms with Crippen LogP contribution in [0.3, 0.4) is 0 Å². The van der Waals surface area contributed by atoms with E-state index in [9.17, 15) is 0 Å². The number of rotatable bonds is 4. The van der Waals surface area contributed by atoms with Gasteiger partial charge in [0.05, 0.1) is 5.69 Å². The fourth-order valence-electron chi connectivity index (χ4n) is 4.01. The monoisotopic (exact) mass is 333 g/mol. The normalized spacial score (nSPS) is 23.0. The van der Waals surface area contributed by atoms with Crippen LogP contribution in [0.2, 0.25) is 0 Å². The standard InChI is InChI=1S/C18H31N5O/c1-14-17(15(2)24-21-14)7-9-20-18(19-3)23-12-8-16(13-23)22-10-5-4-6-11-22/h16H,4-13H2,1-3H3,(H,19,20). The fourth-order valence-corrected chi connectivity index (χ4v) is 4.01. The SMILES string of the molecule is CN=C(NCCc1c(C)noc1C)N1CCC(N2CCCCC2)C1. The number of guanidine groups is 1. The average Bonchev–Trinajstić information content (AvgIpc) is 3.21. The van der Waals surface area contributed by atoms with E-state index in [2.05, 4.69) is 25.3 Å². The summed E-state index contributed by atoms with van der Waals surface area (Å²) in [7, 11) is 1.88. The smallest absolute Gasteiger partial charge is 0.193 e. The van der Waals surface area contributed by atoms with E-state index in [1.54, 1.807) is 0 Å². The van der Waals surface area contributed by atoms with Gasteiger partial charge in [0.1, 0.15) is 5.76 Å². The zero-order valence-electron chi connectivity index (χ0n) is 15.3. The molecule has 1 aromatic heterocycles. The Hall–Kier alpha value is -1.56. The molecule has 3 heterocycles. The molecule has 2 fully saturated rings. The van der Waals surface area contributed by atoms with Crippen molar-refractivity contribution in [1.82, 2.24) is 20.3 Å². The molecule has 0 amide bonds. The number of aryl methyl sites for hydroxylation is 2. The van der Waals surface area contributed by atoms with Gasteiger partial charge in [-0.25, -0.2) is 0 Å². The van der Waals surface area contributed by atoms with Gasteiger partial charge in [-0.3, -0.25) is 9.89 Å². The molecule has 0 saturated carbocycles. The van der Waals surface area contributed by atoms with Crippen LogP contribution < -0.4 is 5.32 Å². The second-order valence-corrected chi connectivity index (χ2v) is 7.01. The van der Waals surface area contributed by atoms with E-state index in [-0.39, 0.29) is 0 Å². The zero-order chi connectivity index (χ0) is 16.9. The number of likely N-dealkylation sites (tertiary alicyclic amines) is 2. The summed E-state index contributed by atoms with van der Waals surface area (Å²) in [5.74, 6) is 1.96. The molecule has 0 aliphatic carbocycles. The Bertz CT molecular complexity index is 542. The molecule has 2 aliphatic rings. The molecule has 6 heteroatoms. The number of piperidine rings is 1. The summed E-state index contributed by atoms with van der Waals surface area (Å²) < 4.78 is 5.24. The van der Waals surface area contributed by atoms with Gasteiger partial charge in [0.2, 0.25) is 0 Å². The van der Waals surface area contributed by atoms with Crippen LogP contribution in [0.5, 0.6) is 0 Å². The predicted molar refractivity (Wildman–Crippen MR) is 96.4 cm³/mol. The van der Waals surface area contributed by atoms with E-state index in [1.165, 1.54) is 44.3 Å². The van der Waals surface area contributed by atoms with Crippen molar-refractivity contribution in [3.05, 3.63) is 17.0 Å². The maximum absolute atomic E-state index is 5.24. The van der Waals surface area contributed by atoms with Gasteiger partial charge in [0, 0.05) is 38.3 Å². The molecule has 0 radical (unpaired) electrons. The number of hydrogen-bond donors (Lipinski definition) is 1. The number of nitrogens with zero attached hydrogens (tertiary/aromatic N) is 4. The minimum atomic E-state index is 0.700. The Labute approximate surface area is 145 Å². The van der Waals surface area contributed by atoms with Gasteiger partial charge in [-0.05, 0) is 52.6 Å². The largest absolute Gasteiger partial charge is 0.361 e. The first-order valence-electron chi connectivity index (χ1n) is 9.30. The van der Waals surface area contributed by atoms with Crippen LogP contribution in [0.25, 0.3) is 0 Å². The molecule has 3 rings (SSSR count). The van der Waals surface area contributed by atoms with Crippen molar-refractivity contribution < 1.29 is 4.52 Å². The maximum atomic E-state index is 5.24. The summed E-state index contributed by atoms with van der Waals surface area (Å²) in [5.41, 5.74) is 2.21. The number of aromatic nitrogens is 1. The molecule has 134 valence electrons. The summed E-state index contributed by atoms with van der Waals surface area (Å²) in [4.78, 5) is 9.58. The number of hydrogen-bond acceptors (Lipinski definition) is 4. The van der Waals surface area contributed by atoms with Gasteiger partial charge < -0.3 is 14.7 Å². The first kappa shape index (κ1) is 17.3. The van der Waals surface area contributed by atoms with Crippen molar-refractivity contribution in [1.29, 1.82) is 0 Å². The van der Waals surface area contributed by atoms with Gasteiger partial charge in [0.15, 0.2) is 5.96 Å². The summed E-state index contributed by atoms with van der Waals surface area (Å²) in [6.45, 7) is 9.60. The van der Waals surface area contributed by atoms with E-state index < -0.39 is 0 Å². The molecule has 24 heavy (non-hydrogen) atoms. The van der Waals surface area contributed by atoms with Crippen molar-refractivity contribution in [2.75, 3.05) is 39.8 Å². The van der Waals surface area contributed by atoms with Crippen molar-refractivity contribution in [2.24, 2.45) is 4.99 Å². The highest BCUT2D eigenvalue weighted by atomic mass is 16.5. The van der Waals surface area contributed by atoms with E-state index in [0.717, 1.165) is 43.5 Å². The lowest BCUT2D eigenvalue weighted by molar-refractivity contribution is 0.168. The van der Waals surface area contributed by atoms with Crippen LogP contribution in [-0.4, -0.2) is 66.7 Å². The second-order valence-electron chi connectivity index (χ2n) is 7.01. The molecule has 6 nitrogen and oxygen atoms in total. The van der Waals surface area contributed by atoms with Gasteiger partial charge in [-0.2, -0.15) is 0 Å². The van der Waals surface area contributed by atoms with Crippen LogP contribution >= 0.6 is 0 Å². The van der Waals surface area contributed by atoms with Crippen LogP contribution in [0.15, 0.2) is 9.52 Å². The van der Waals surface area contributed by atoms with Crippen molar-refractivity contribution in [3.63, 3.8) is 0 Å². The van der Waals surface area contributed by atoms with Crippen LogP contribution in [0.4, 0.5) is 0 Å². The Morgan fingerprint density at radius 2 is 2.04 bits per heavy atom. The van der Waals surface area contributed by atoms with Crippen LogP contribution in [0, 0.1) is 13.8 Å². The molecule has 2 saturated heterocycles. The Balaban J connectivity index is 1.48. The molecule has 1 N–H and O–H groups in total. The van der Waals surface area contributed by atoms with Crippen molar-refractivity contribution in [3.8, 4) is 0 Å². The first-order valence-corrected chi connectivity index (χ1v) is 9.30. The van der Waals surface area contributed by atoms with E-state index in [4.69, 9.17) is 4.52 Å². The second kappa shape index (κ2) is 8.01. The fraction of sp³-hybridized carbons (Fsp3) is 0.778. The lowest BCUT2D eigenvalue weighted by atomic mass is 10.1. The lowest BCUT2D eigenvalue weighted by Crippen LogP contribution is -2.44. The van der Waals surface area contributed by atoms with Gasteiger partial charge in [-0.1, -0.05) is 11.6 Å². The van der Waals surface area contributed by atoms with Gasteiger partial charge in [-0.15, -0.1) is 0 Å². The highest BCUT2D eigenvalue weighted by molar-refractivity contribution is 5.80. The summed E-state index contributed by atoms with van der Waals surface area (Å²) in [5, 5.41) is 7.54. The summed E-state index contributed by atoms with van der Waals surface area (Å²) >= 11 is 0. The number of aliphatic imine (C=N–C) groups is 1. The van der Waals surface area contributed by atoms with E-state index in [1.807, 2.05) is 20.9 Å². The summed E-state index contributed by atoms with van der Waals surface area (Å²) in [6, 6.07) is 0.700. The third-order valence-electron chi connectivity index (χ3n) is 5.42. The first-order chi connectivity index (χ1) is 11.7. The molecule has 0 aromatic carbocycles. The molecule has 1 unspecified atom stereocenters. The third kappa shape index (κ3) is 3.91. The summed E-state index contributed by atoms with van der Waals surface area (Å²) in [6.07, 6.45) is 6.30. The minimum Gasteiger partial charge on any atom is -0.361 e. The topological polar surface area (TPSA) is 56.9 Å². The molecule has 0 spiro atoms. The Morgan fingerprint density at radius 3 is 2.71 bits per heavy atom. The molecule has 0 bridgehead atoms. The lowest BCUT2D eigenvalue weighted by Gasteiger charge is -2.32. The average molecular weight is 333 g/mol. The van der Waals surface area contributed by atoms with Gasteiger partial charge >= 0.3 is 0 Å². The van der Waals surface area contributed by atoms with Crippen molar-refractivity contribution in [2.45, 2.75) is 52.0 Å². The quantitative estimate of drug-likeness (QED) is 0.674. The van der Waals surface area contributed by atoms with Gasteiger partial charge in [0.25, 0.3) is 0 Å². The van der Waals surface area contributed by atoms with Crippen molar-refractivity contribution >= 4 is 5.96 Å². The van der Waals surface area contributed by atoms with E-state index in [0.29, 0.717) is 6.04 Å². The predicted octanol–water partition coefficient (Wildman–Crippen LogP) is 1.97. The highest BCUT2D eigenvalue weighted by Crippen LogP contribution is 2.20. The highest BCUT2D eigenvalue weighted by Gasteiger charge is 2.29. The molecular weight excluding hydrogens is 302 g/mol. The number of nitrogens with one attached hydrogen (secondary N) is 1. The molecule has 1 aromatic rings. The maximum Gasteiger partial charge on any atom is 0.193 e. The molecule has 2 aliphatic heterocycles. The van der Waals surface area contributed by atoms with Crippen LogP contribution in [-0.2, 0) is 6.42 Å². The molecular formula is C18H31N5O. The minimum absolute atomic E-state index is 0.700. The molecule has 1 atom stereocenters.